The largest absolute Gasteiger partial charge is 0.392 e. The third-order valence-electron chi connectivity index (χ3n) is 3.44. The molecule has 0 unspecified atom stereocenters. The zero-order valence-electron chi connectivity index (χ0n) is 9.92. The summed E-state index contributed by atoms with van der Waals surface area (Å²) in [4.78, 5) is 6.45. The van der Waals surface area contributed by atoms with Crippen LogP contribution >= 0.6 is 0 Å². The summed E-state index contributed by atoms with van der Waals surface area (Å²) in [5.41, 5.74) is 0. The van der Waals surface area contributed by atoms with Crippen molar-refractivity contribution in [2.45, 2.75) is 38.3 Å². The smallest absolute Gasteiger partial charge is 0.0948 e. The number of imidazole rings is 1. The maximum absolute atomic E-state index is 9.60. The van der Waals surface area contributed by atoms with Gasteiger partial charge in [0.15, 0.2) is 0 Å². The predicted molar refractivity (Wildman–Crippen MR) is 63.2 cm³/mol. The average molecular weight is 223 g/mol. The molecule has 1 aromatic heterocycles. The molecule has 0 aliphatic carbocycles. The molecule has 0 bridgehead atoms. The molecule has 16 heavy (non-hydrogen) atoms. The number of aromatic nitrogens is 2. The van der Waals surface area contributed by atoms with E-state index in [1.807, 2.05) is 25.6 Å². The Bertz CT molecular complexity index is 291. The molecule has 1 aliphatic heterocycles. The molecule has 0 radical (unpaired) electrons. The Morgan fingerprint density at radius 3 is 2.75 bits per heavy atom. The Balaban J connectivity index is 1.78. The van der Waals surface area contributed by atoms with Gasteiger partial charge in [-0.1, -0.05) is 6.92 Å². The molecule has 90 valence electrons. The molecule has 4 nitrogen and oxygen atoms in total. The highest BCUT2D eigenvalue weighted by Crippen LogP contribution is 2.22. The lowest BCUT2D eigenvalue weighted by molar-refractivity contribution is 0.0881. The van der Waals surface area contributed by atoms with Crippen molar-refractivity contribution >= 4 is 0 Å². The Kier molecular flexibility index (Phi) is 3.96. The van der Waals surface area contributed by atoms with Crippen LogP contribution in [0.3, 0.4) is 0 Å². The van der Waals surface area contributed by atoms with Crippen LogP contribution in [0.15, 0.2) is 18.7 Å². The van der Waals surface area contributed by atoms with E-state index in [4.69, 9.17) is 0 Å². The van der Waals surface area contributed by atoms with Crippen molar-refractivity contribution in [3.63, 3.8) is 0 Å². The van der Waals surface area contributed by atoms with Crippen LogP contribution in [0.5, 0.6) is 0 Å². The summed E-state index contributed by atoms with van der Waals surface area (Å²) in [5, 5.41) is 9.60. The second-order valence-electron chi connectivity index (χ2n) is 4.60. The summed E-state index contributed by atoms with van der Waals surface area (Å²) in [6.45, 7) is 5.02. The number of aliphatic hydroxyl groups excluding tert-OH is 1. The van der Waals surface area contributed by atoms with Gasteiger partial charge in [0, 0.05) is 38.1 Å². The molecular formula is C12H21N3O. The first-order valence-electron chi connectivity index (χ1n) is 6.17. The van der Waals surface area contributed by atoms with E-state index in [1.54, 1.807) is 0 Å². The first-order valence-corrected chi connectivity index (χ1v) is 6.17. The van der Waals surface area contributed by atoms with E-state index in [2.05, 4.69) is 14.5 Å². The van der Waals surface area contributed by atoms with Crippen LogP contribution in [0.2, 0.25) is 0 Å². The van der Waals surface area contributed by atoms with Crippen LogP contribution < -0.4 is 0 Å². The molecule has 2 rings (SSSR count). The highest BCUT2D eigenvalue weighted by Gasteiger charge is 2.21. The van der Waals surface area contributed by atoms with Crippen LogP contribution in [-0.4, -0.2) is 45.3 Å². The van der Waals surface area contributed by atoms with Crippen molar-refractivity contribution in [2.24, 2.45) is 0 Å². The second kappa shape index (κ2) is 5.46. The molecule has 1 fully saturated rings. The van der Waals surface area contributed by atoms with Gasteiger partial charge in [0.25, 0.3) is 0 Å². The molecule has 0 amide bonds. The van der Waals surface area contributed by atoms with Gasteiger partial charge in [-0.25, -0.2) is 4.98 Å². The van der Waals surface area contributed by atoms with Gasteiger partial charge < -0.3 is 14.6 Å². The maximum Gasteiger partial charge on any atom is 0.0948 e. The Labute approximate surface area is 96.9 Å². The van der Waals surface area contributed by atoms with E-state index < -0.39 is 0 Å². The predicted octanol–water partition coefficient (Wildman–Crippen LogP) is 1.29. The van der Waals surface area contributed by atoms with E-state index in [1.165, 1.54) is 0 Å². The SMILES string of the molecule is CC[C@@H](O)CN1CCC(n2ccnc2)CC1. The fraction of sp³-hybridized carbons (Fsp3) is 0.750. The molecule has 1 aromatic rings. The van der Waals surface area contributed by atoms with Crippen LogP contribution in [0.25, 0.3) is 0 Å². The summed E-state index contributed by atoms with van der Waals surface area (Å²) in [6, 6.07) is 0.595. The number of hydrogen-bond donors (Lipinski definition) is 1. The molecule has 1 saturated heterocycles. The fourth-order valence-electron chi connectivity index (χ4n) is 2.31. The standard InChI is InChI=1S/C12H21N3O/c1-2-12(16)9-14-6-3-11(4-7-14)15-8-5-13-10-15/h5,8,10-12,16H,2-4,6-7,9H2,1H3/t12-/m1/s1. The number of β-amino-alcohol motifs (C(OH)–C–C–N with tert-alkyl or cyclic N) is 1. The molecule has 1 N–H and O–H groups in total. The van der Waals surface area contributed by atoms with Crippen molar-refractivity contribution in [2.75, 3.05) is 19.6 Å². The van der Waals surface area contributed by atoms with Gasteiger partial charge in [-0.05, 0) is 19.3 Å². The van der Waals surface area contributed by atoms with E-state index in [0.29, 0.717) is 6.04 Å². The molecule has 1 atom stereocenters. The molecule has 2 heterocycles. The van der Waals surface area contributed by atoms with E-state index in [0.717, 1.165) is 38.9 Å². The Hall–Kier alpha value is -0.870. The number of aliphatic hydroxyl groups is 1. The van der Waals surface area contributed by atoms with Crippen molar-refractivity contribution < 1.29 is 5.11 Å². The summed E-state index contributed by atoms with van der Waals surface area (Å²) in [7, 11) is 0. The number of piperidine rings is 1. The van der Waals surface area contributed by atoms with Crippen LogP contribution in [0.1, 0.15) is 32.2 Å². The minimum atomic E-state index is -0.162. The van der Waals surface area contributed by atoms with Gasteiger partial charge in [0.2, 0.25) is 0 Å². The van der Waals surface area contributed by atoms with Gasteiger partial charge in [-0.2, -0.15) is 0 Å². The van der Waals surface area contributed by atoms with Crippen molar-refractivity contribution in [3.8, 4) is 0 Å². The first kappa shape index (κ1) is 11.6. The van der Waals surface area contributed by atoms with E-state index >= 15 is 0 Å². The van der Waals surface area contributed by atoms with Crippen LogP contribution in [0, 0.1) is 0 Å². The molecular weight excluding hydrogens is 202 g/mol. The lowest BCUT2D eigenvalue weighted by atomic mass is 10.0. The summed E-state index contributed by atoms with van der Waals surface area (Å²) in [6.07, 6.45) is 8.79. The number of nitrogens with zero attached hydrogens (tertiary/aromatic N) is 3. The normalized spacial score (nSPS) is 21.1. The highest BCUT2D eigenvalue weighted by atomic mass is 16.3. The molecule has 0 spiro atoms. The molecule has 0 saturated carbocycles. The van der Waals surface area contributed by atoms with Crippen molar-refractivity contribution in [1.29, 1.82) is 0 Å². The van der Waals surface area contributed by atoms with Crippen molar-refractivity contribution in [1.82, 2.24) is 14.5 Å². The Morgan fingerprint density at radius 2 is 2.19 bits per heavy atom. The first-order chi connectivity index (χ1) is 7.79. The summed E-state index contributed by atoms with van der Waals surface area (Å²) in [5.74, 6) is 0. The summed E-state index contributed by atoms with van der Waals surface area (Å²) >= 11 is 0. The minimum absolute atomic E-state index is 0.162. The van der Waals surface area contributed by atoms with Crippen molar-refractivity contribution in [3.05, 3.63) is 18.7 Å². The highest BCUT2D eigenvalue weighted by molar-refractivity contribution is 4.84. The van der Waals surface area contributed by atoms with E-state index in [9.17, 15) is 5.11 Å². The zero-order valence-corrected chi connectivity index (χ0v) is 9.92. The van der Waals surface area contributed by atoms with Gasteiger partial charge in [-0.15, -0.1) is 0 Å². The topological polar surface area (TPSA) is 41.3 Å². The van der Waals surface area contributed by atoms with E-state index in [-0.39, 0.29) is 6.10 Å². The number of hydrogen-bond acceptors (Lipinski definition) is 3. The van der Waals surface area contributed by atoms with Crippen LogP contribution in [-0.2, 0) is 0 Å². The monoisotopic (exact) mass is 223 g/mol. The Morgan fingerprint density at radius 1 is 1.44 bits per heavy atom. The lowest BCUT2D eigenvalue weighted by Gasteiger charge is -2.33. The number of rotatable bonds is 4. The maximum atomic E-state index is 9.60. The minimum Gasteiger partial charge on any atom is -0.392 e. The zero-order chi connectivity index (χ0) is 11.4. The van der Waals surface area contributed by atoms with Gasteiger partial charge >= 0.3 is 0 Å². The van der Waals surface area contributed by atoms with Gasteiger partial charge in [-0.3, -0.25) is 0 Å². The molecule has 0 aromatic carbocycles. The third-order valence-corrected chi connectivity index (χ3v) is 3.44. The quantitative estimate of drug-likeness (QED) is 0.836. The lowest BCUT2D eigenvalue weighted by Crippen LogP contribution is -2.39. The fourth-order valence-corrected chi connectivity index (χ4v) is 2.31. The van der Waals surface area contributed by atoms with Gasteiger partial charge in [0.05, 0.1) is 12.4 Å². The molecule has 1 aliphatic rings. The summed E-state index contributed by atoms with van der Waals surface area (Å²) < 4.78 is 2.20. The molecule has 4 heteroatoms. The second-order valence-corrected chi connectivity index (χ2v) is 4.60. The average Bonchev–Trinajstić information content (AvgIpc) is 2.83. The van der Waals surface area contributed by atoms with Crippen LogP contribution in [0.4, 0.5) is 0 Å². The third kappa shape index (κ3) is 2.83. The van der Waals surface area contributed by atoms with Gasteiger partial charge in [0.1, 0.15) is 0 Å². The number of likely N-dealkylation sites (tertiary alicyclic amines) is 1.